The number of aromatic nitrogens is 1. The van der Waals surface area contributed by atoms with E-state index in [0.29, 0.717) is 0 Å². The normalized spacial score (nSPS) is 11.7. The van der Waals surface area contributed by atoms with E-state index in [2.05, 4.69) is 252 Å². The Morgan fingerprint density at radius 2 is 0.969 bits per heavy atom. The van der Waals surface area contributed by atoms with Crippen molar-refractivity contribution in [3.05, 3.63) is 243 Å². The molecule has 0 bridgehead atoms. The van der Waals surface area contributed by atoms with Crippen LogP contribution in [-0.4, -0.2) is 4.57 Å². The smallest absolute Gasteiger partial charge is 0.0555 e. The molecular weight excluding hydrogens is 805 g/mol. The predicted molar refractivity (Wildman–Crippen MR) is 280 cm³/mol. The molecule has 65 heavy (non-hydrogen) atoms. The lowest BCUT2D eigenvalue weighted by Crippen LogP contribution is -2.11. The van der Waals surface area contributed by atoms with E-state index < -0.39 is 0 Å². The van der Waals surface area contributed by atoms with Gasteiger partial charge in [0.15, 0.2) is 0 Å². The van der Waals surface area contributed by atoms with E-state index in [1.54, 1.807) is 0 Å². The highest BCUT2D eigenvalue weighted by atomic mass is 32.1. The molecule has 0 saturated heterocycles. The molecule has 2 heterocycles. The Morgan fingerprint density at radius 3 is 1.88 bits per heavy atom. The van der Waals surface area contributed by atoms with Crippen molar-refractivity contribution < 1.29 is 0 Å². The van der Waals surface area contributed by atoms with Crippen LogP contribution in [0, 0.1) is 0 Å². The summed E-state index contributed by atoms with van der Waals surface area (Å²) in [5.74, 6) is 0. The topological polar surface area (TPSA) is 8.17 Å². The van der Waals surface area contributed by atoms with Gasteiger partial charge in [0.25, 0.3) is 0 Å². The van der Waals surface area contributed by atoms with E-state index in [9.17, 15) is 0 Å². The van der Waals surface area contributed by atoms with E-state index in [0.717, 1.165) is 22.6 Å². The number of thiophene rings is 1. The molecule has 0 amide bonds. The van der Waals surface area contributed by atoms with Crippen LogP contribution in [0.5, 0.6) is 0 Å². The van der Waals surface area contributed by atoms with Crippen molar-refractivity contribution in [2.24, 2.45) is 0 Å². The molecule has 0 fully saturated rings. The molecule has 13 aromatic rings. The lowest BCUT2D eigenvalue weighted by atomic mass is 9.96. The number of hydrogen-bond acceptors (Lipinski definition) is 2. The SMILES string of the molecule is c1ccc(-c2ccccc2N(c2ccc(-c3ccc4c(ccc5ccccc54)c3)cc2)c2cccc(-c3cccc4c3c3ccccc3n4-c3cccc4sc5ccccc5c34)c2)cc1. The average molecular weight is 845 g/mol. The monoisotopic (exact) mass is 844 g/mol. The molecule has 0 radical (unpaired) electrons. The summed E-state index contributed by atoms with van der Waals surface area (Å²) in [5, 5.41) is 10.2. The van der Waals surface area contributed by atoms with Gasteiger partial charge in [-0.1, -0.05) is 176 Å². The maximum atomic E-state index is 2.49. The number of anilines is 3. The second-order valence-electron chi connectivity index (χ2n) is 16.8. The Bertz CT molecular complexity index is 3950. The lowest BCUT2D eigenvalue weighted by molar-refractivity contribution is 1.20. The fourth-order valence-electron chi connectivity index (χ4n) is 10.2. The van der Waals surface area contributed by atoms with E-state index in [1.165, 1.54) is 97.0 Å². The molecule has 11 aromatic carbocycles. The second kappa shape index (κ2) is 15.2. The van der Waals surface area contributed by atoms with Crippen LogP contribution < -0.4 is 4.90 Å². The van der Waals surface area contributed by atoms with Gasteiger partial charge < -0.3 is 9.47 Å². The largest absolute Gasteiger partial charge is 0.310 e. The van der Waals surface area contributed by atoms with Crippen molar-refractivity contribution in [2.75, 3.05) is 4.90 Å². The van der Waals surface area contributed by atoms with Crippen LogP contribution in [0.4, 0.5) is 17.1 Å². The van der Waals surface area contributed by atoms with Crippen molar-refractivity contribution in [1.29, 1.82) is 0 Å². The molecule has 13 rings (SSSR count). The summed E-state index contributed by atoms with van der Waals surface area (Å²) in [4.78, 5) is 2.42. The molecule has 2 aromatic heterocycles. The van der Waals surface area contributed by atoms with Gasteiger partial charge in [-0.2, -0.15) is 0 Å². The van der Waals surface area contributed by atoms with E-state index >= 15 is 0 Å². The van der Waals surface area contributed by atoms with Crippen molar-refractivity contribution in [3.8, 4) is 39.1 Å². The van der Waals surface area contributed by atoms with Crippen LogP contribution in [-0.2, 0) is 0 Å². The molecule has 0 aliphatic heterocycles. The summed E-state index contributed by atoms with van der Waals surface area (Å²) in [7, 11) is 0. The summed E-state index contributed by atoms with van der Waals surface area (Å²) in [6, 6.07) is 88.9. The van der Waals surface area contributed by atoms with Crippen LogP contribution in [0.1, 0.15) is 0 Å². The van der Waals surface area contributed by atoms with Crippen LogP contribution >= 0.6 is 11.3 Å². The summed E-state index contributed by atoms with van der Waals surface area (Å²) in [6.45, 7) is 0. The number of para-hydroxylation sites is 2. The van der Waals surface area contributed by atoms with Gasteiger partial charge in [-0.3, -0.25) is 0 Å². The van der Waals surface area contributed by atoms with Crippen LogP contribution in [0.2, 0.25) is 0 Å². The third-order valence-electron chi connectivity index (χ3n) is 13.2. The average Bonchev–Trinajstić information content (AvgIpc) is 3.93. The third kappa shape index (κ3) is 6.16. The number of benzene rings is 11. The van der Waals surface area contributed by atoms with E-state index in [-0.39, 0.29) is 0 Å². The van der Waals surface area contributed by atoms with Gasteiger partial charge in [-0.25, -0.2) is 0 Å². The zero-order valence-electron chi connectivity index (χ0n) is 35.4. The molecule has 0 N–H and O–H groups in total. The van der Waals surface area contributed by atoms with Crippen LogP contribution in [0.25, 0.3) is 103 Å². The second-order valence-corrected chi connectivity index (χ2v) is 17.9. The molecule has 0 unspecified atom stereocenters. The number of hydrogen-bond donors (Lipinski definition) is 0. The molecular formula is C62H40N2S. The maximum Gasteiger partial charge on any atom is 0.0555 e. The Balaban J connectivity index is 0.972. The van der Waals surface area contributed by atoms with Crippen molar-refractivity contribution in [2.45, 2.75) is 0 Å². The number of rotatable bonds is 7. The lowest BCUT2D eigenvalue weighted by Gasteiger charge is -2.28. The number of fused-ring (bicyclic) bond motifs is 9. The predicted octanol–water partition coefficient (Wildman–Crippen LogP) is 17.9. The zero-order valence-corrected chi connectivity index (χ0v) is 36.2. The quantitative estimate of drug-likeness (QED) is 0.145. The summed E-state index contributed by atoms with van der Waals surface area (Å²) in [5.41, 5.74) is 14.0. The van der Waals surface area contributed by atoms with Crippen LogP contribution in [0.3, 0.4) is 0 Å². The highest BCUT2D eigenvalue weighted by Crippen LogP contribution is 2.46. The van der Waals surface area contributed by atoms with Gasteiger partial charge >= 0.3 is 0 Å². The van der Waals surface area contributed by atoms with Gasteiger partial charge in [-0.05, 0) is 116 Å². The standard InChI is InChI=1S/C62H40N2S/c1-2-15-42(16-3-1)51-21-6-9-25-55(51)63(47-36-33-41(34-37-47)44-35-38-50-46(39-44)32-31-43-17-4-5-20-49(43)50)48-19-12-18-45(40-48)52-24-13-27-57-61(52)53-22-7-10-26-56(53)64(57)58-28-14-30-60-62(58)54-23-8-11-29-59(54)65-60/h1-40H. The van der Waals surface area contributed by atoms with Gasteiger partial charge in [0.05, 0.1) is 22.4 Å². The summed E-state index contributed by atoms with van der Waals surface area (Å²) < 4.78 is 5.10. The first-order chi connectivity index (χ1) is 32.2. The third-order valence-corrected chi connectivity index (χ3v) is 14.3. The Morgan fingerprint density at radius 1 is 0.323 bits per heavy atom. The number of nitrogens with zero attached hydrogens (tertiary/aromatic N) is 2. The molecule has 0 saturated carbocycles. The van der Waals surface area contributed by atoms with Crippen molar-refractivity contribution >= 4 is 91.9 Å². The molecule has 3 heteroatoms. The minimum atomic E-state index is 1.09. The minimum absolute atomic E-state index is 1.09. The maximum absolute atomic E-state index is 2.49. The fraction of sp³-hybridized carbons (Fsp3) is 0. The highest BCUT2D eigenvalue weighted by Gasteiger charge is 2.21. The summed E-state index contributed by atoms with van der Waals surface area (Å²) in [6.07, 6.45) is 0. The van der Waals surface area contributed by atoms with Gasteiger partial charge in [-0.15, -0.1) is 11.3 Å². The Hall–Kier alpha value is -8.24. The Kier molecular flexibility index (Phi) is 8.75. The molecule has 0 spiro atoms. The van der Waals surface area contributed by atoms with Gasteiger partial charge in [0.2, 0.25) is 0 Å². The van der Waals surface area contributed by atoms with Crippen molar-refractivity contribution in [3.63, 3.8) is 0 Å². The van der Waals surface area contributed by atoms with Gasteiger partial charge in [0, 0.05) is 47.9 Å². The molecule has 0 aliphatic rings. The first-order valence-corrected chi connectivity index (χ1v) is 23.1. The van der Waals surface area contributed by atoms with Crippen LogP contribution in [0.15, 0.2) is 243 Å². The molecule has 304 valence electrons. The highest BCUT2D eigenvalue weighted by molar-refractivity contribution is 7.25. The molecule has 2 nitrogen and oxygen atoms in total. The van der Waals surface area contributed by atoms with Gasteiger partial charge in [0.1, 0.15) is 0 Å². The minimum Gasteiger partial charge on any atom is -0.310 e. The first-order valence-electron chi connectivity index (χ1n) is 22.2. The van der Waals surface area contributed by atoms with E-state index in [1.807, 2.05) is 11.3 Å². The first kappa shape index (κ1) is 37.3. The Labute approximate surface area is 381 Å². The zero-order chi connectivity index (χ0) is 42.8. The van der Waals surface area contributed by atoms with Crippen molar-refractivity contribution in [1.82, 2.24) is 4.57 Å². The van der Waals surface area contributed by atoms with E-state index in [4.69, 9.17) is 0 Å². The fourth-order valence-corrected chi connectivity index (χ4v) is 11.4. The molecule has 0 atom stereocenters. The molecule has 0 aliphatic carbocycles. The summed E-state index contributed by atoms with van der Waals surface area (Å²) >= 11 is 1.87.